The molecule has 0 aliphatic carbocycles. The maximum atomic E-state index is 5.79. The Bertz CT molecular complexity index is 436. The molecule has 0 saturated carbocycles. The fourth-order valence-corrected chi connectivity index (χ4v) is 1.24. The van der Waals surface area contributed by atoms with Gasteiger partial charge in [0, 0.05) is 12.4 Å². The number of nitrogen functional groups attached to an aromatic ring is 1. The first kappa shape index (κ1) is 9.45. The zero-order chi connectivity index (χ0) is 10.7. The summed E-state index contributed by atoms with van der Waals surface area (Å²) in [5.74, 6) is 0.615. The SMILES string of the molecule is Cc1cccc(N)c1Oc1ncccn1. The van der Waals surface area contributed by atoms with Crippen molar-refractivity contribution >= 4 is 5.69 Å². The van der Waals surface area contributed by atoms with Crippen LogP contribution in [-0.2, 0) is 0 Å². The molecule has 15 heavy (non-hydrogen) atoms. The predicted octanol–water partition coefficient (Wildman–Crippen LogP) is 2.16. The normalized spacial score (nSPS) is 9.93. The summed E-state index contributed by atoms with van der Waals surface area (Å²) in [6.45, 7) is 1.93. The van der Waals surface area contributed by atoms with E-state index in [-0.39, 0.29) is 0 Å². The second-order valence-corrected chi connectivity index (χ2v) is 3.13. The van der Waals surface area contributed by atoms with Gasteiger partial charge in [-0.25, -0.2) is 9.97 Å². The standard InChI is InChI=1S/C11H11N3O/c1-8-4-2-5-9(12)10(8)15-11-13-6-3-7-14-11/h2-7H,12H2,1H3. The van der Waals surface area contributed by atoms with E-state index in [0.717, 1.165) is 5.56 Å². The summed E-state index contributed by atoms with van der Waals surface area (Å²) in [6.07, 6.45) is 3.24. The summed E-state index contributed by atoms with van der Waals surface area (Å²) in [7, 11) is 0. The summed E-state index contributed by atoms with van der Waals surface area (Å²) < 4.78 is 5.49. The number of aromatic nitrogens is 2. The van der Waals surface area contributed by atoms with Gasteiger partial charge in [0.25, 0.3) is 0 Å². The van der Waals surface area contributed by atoms with Crippen molar-refractivity contribution in [2.45, 2.75) is 6.92 Å². The van der Waals surface area contributed by atoms with Crippen LogP contribution in [0.1, 0.15) is 5.56 Å². The van der Waals surface area contributed by atoms with Crippen LogP contribution in [0.3, 0.4) is 0 Å². The zero-order valence-corrected chi connectivity index (χ0v) is 8.34. The van der Waals surface area contributed by atoms with E-state index >= 15 is 0 Å². The Morgan fingerprint density at radius 2 is 1.87 bits per heavy atom. The van der Waals surface area contributed by atoms with Crippen molar-refractivity contribution < 1.29 is 4.74 Å². The highest BCUT2D eigenvalue weighted by molar-refractivity contribution is 5.57. The first-order valence-electron chi connectivity index (χ1n) is 4.57. The molecule has 0 bridgehead atoms. The maximum Gasteiger partial charge on any atom is 0.321 e. The molecule has 2 N–H and O–H groups in total. The molecule has 4 nitrogen and oxygen atoms in total. The molecule has 0 unspecified atom stereocenters. The van der Waals surface area contributed by atoms with Crippen LogP contribution in [-0.4, -0.2) is 9.97 Å². The highest BCUT2D eigenvalue weighted by atomic mass is 16.5. The third kappa shape index (κ3) is 2.04. The molecule has 1 heterocycles. The summed E-state index contributed by atoms with van der Waals surface area (Å²) in [6, 6.07) is 7.62. The van der Waals surface area contributed by atoms with Gasteiger partial charge in [-0.2, -0.15) is 0 Å². The lowest BCUT2D eigenvalue weighted by molar-refractivity contribution is 0.441. The Hall–Kier alpha value is -2.10. The van der Waals surface area contributed by atoms with Crippen LogP contribution in [0.15, 0.2) is 36.7 Å². The van der Waals surface area contributed by atoms with Crippen LogP contribution in [0, 0.1) is 6.92 Å². The molecule has 0 atom stereocenters. The molecule has 0 aliphatic rings. The molecule has 0 spiro atoms. The molecule has 1 aromatic carbocycles. The number of aryl methyl sites for hydroxylation is 1. The van der Waals surface area contributed by atoms with Crippen molar-refractivity contribution in [2.24, 2.45) is 0 Å². The number of hydrogen-bond acceptors (Lipinski definition) is 4. The zero-order valence-electron chi connectivity index (χ0n) is 8.34. The van der Waals surface area contributed by atoms with Gasteiger partial charge in [-0.05, 0) is 24.6 Å². The van der Waals surface area contributed by atoms with Gasteiger partial charge in [-0.3, -0.25) is 0 Å². The largest absolute Gasteiger partial charge is 0.422 e. The first-order chi connectivity index (χ1) is 7.27. The third-order valence-corrected chi connectivity index (χ3v) is 1.98. The van der Waals surface area contributed by atoms with Crippen LogP contribution in [0.5, 0.6) is 11.8 Å². The van der Waals surface area contributed by atoms with E-state index in [0.29, 0.717) is 17.4 Å². The van der Waals surface area contributed by atoms with Crippen molar-refractivity contribution in [3.05, 3.63) is 42.2 Å². The van der Waals surface area contributed by atoms with Crippen LogP contribution in [0.25, 0.3) is 0 Å². The molecule has 0 aliphatic heterocycles. The Balaban J connectivity index is 2.32. The van der Waals surface area contributed by atoms with Crippen LogP contribution in [0.2, 0.25) is 0 Å². The predicted molar refractivity (Wildman–Crippen MR) is 57.7 cm³/mol. The van der Waals surface area contributed by atoms with Crippen LogP contribution < -0.4 is 10.5 Å². The van der Waals surface area contributed by atoms with Gasteiger partial charge in [0.1, 0.15) is 0 Å². The van der Waals surface area contributed by atoms with Crippen molar-refractivity contribution in [3.63, 3.8) is 0 Å². The fraction of sp³-hybridized carbons (Fsp3) is 0.0909. The number of rotatable bonds is 2. The Kier molecular flexibility index (Phi) is 2.49. The molecule has 0 amide bonds. The van der Waals surface area contributed by atoms with Crippen molar-refractivity contribution in [1.29, 1.82) is 0 Å². The minimum Gasteiger partial charge on any atom is -0.422 e. The van der Waals surface area contributed by atoms with E-state index < -0.39 is 0 Å². The smallest absolute Gasteiger partial charge is 0.321 e. The lowest BCUT2D eigenvalue weighted by Crippen LogP contribution is -1.96. The molecule has 4 heteroatoms. The Morgan fingerprint density at radius 1 is 1.13 bits per heavy atom. The monoisotopic (exact) mass is 201 g/mol. The van der Waals surface area contributed by atoms with E-state index in [1.807, 2.05) is 19.1 Å². The van der Waals surface area contributed by atoms with E-state index in [1.54, 1.807) is 24.5 Å². The van der Waals surface area contributed by atoms with Crippen molar-refractivity contribution in [2.75, 3.05) is 5.73 Å². The molecular formula is C11H11N3O. The minimum absolute atomic E-state index is 0.304. The molecular weight excluding hydrogens is 190 g/mol. The molecule has 0 fully saturated rings. The molecule has 0 radical (unpaired) electrons. The number of hydrogen-bond donors (Lipinski definition) is 1. The number of anilines is 1. The highest BCUT2D eigenvalue weighted by Crippen LogP contribution is 2.28. The van der Waals surface area contributed by atoms with Crippen molar-refractivity contribution in [3.8, 4) is 11.8 Å². The number of para-hydroxylation sites is 1. The average Bonchev–Trinajstić information content (AvgIpc) is 2.25. The summed E-state index contributed by atoms with van der Waals surface area (Å²) >= 11 is 0. The van der Waals surface area contributed by atoms with E-state index in [2.05, 4.69) is 9.97 Å². The van der Waals surface area contributed by atoms with Gasteiger partial charge < -0.3 is 10.5 Å². The Morgan fingerprint density at radius 3 is 2.53 bits per heavy atom. The molecule has 2 aromatic rings. The quantitative estimate of drug-likeness (QED) is 0.756. The Labute approximate surface area is 87.7 Å². The first-order valence-corrected chi connectivity index (χ1v) is 4.57. The van der Waals surface area contributed by atoms with Crippen LogP contribution in [0.4, 0.5) is 5.69 Å². The number of benzene rings is 1. The topological polar surface area (TPSA) is 61.0 Å². The number of nitrogens with zero attached hydrogens (tertiary/aromatic N) is 2. The fourth-order valence-electron chi connectivity index (χ4n) is 1.24. The summed E-state index contributed by atoms with van der Waals surface area (Å²) in [5, 5.41) is 0. The second-order valence-electron chi connectivity index (χ2n) is 3.13. The summed E-state index contributed by atoms with van der Waals surface area (Å²) in [5.41, 5.74) is 7.33. The van der Waals surface area contributed by atoms with Gasteiger partial charge >= 0.3 is 6.01 Å². The maximum absolute atomic E-state index is 5.79. The summed E-state index contributed by atoms with van der Waals surface area (Å²) in [4.78, 5) is 7.93. The number of nitrogens with two attached hydrogens (primary N) is 1. The van der Waals surface area contributed by atoms with E-state index in [9.17, 15) is 0 Å². The third-order valence-electron chi connectivity index (χ3n) is 1.98. The lowest BCUT2D eigenvalue weighted by Gasteiger charge is -2.08. The van der Waals surface area contributed by atoms with Gasteiger partial charge in [0.05, 0.1) is 5.69 Å². The highest BCUT2D eigenvalue weighted by Gasteiger charge is 2.06. The van der Waals surface area contributed by atoms with Gasteiger partial charge in [0.2, 0.25) is 0 Å². The molecule has 76 valence electrons. The van der Waals surface area contributed by atoms with Crippen molar-refractivity contribution in [1.82, 2.24) is 9.97 Å². The molecule has 2 rings (SSSR count). The van der Waals surface area contributed by atoms with Gasteiger partial charge in [-0.15, -0.1) is 0 Å². The molecule has 0 saturated heterocycles. The molecule has 1 aromatic heterocycles. The van der Waals surface area contributed by atoms with E-state index in [1.165, 1.54) is 0 Å². The minimum atomic E-state index is 0.304. The van der Waals surface area contributed by atoms with E-state index in [4.69, 9.17) is 10.5 Å². The van der Waals surface area contributed by atoms with Gasteiger partial charge in [-0.1, -0.05) is 12.1 Å². The average molecular weight is 201 g/mol. The lowest BCUT2D eigenvalue weighted by atomic mass is 10.2. The number of ether oxygens (including phenoxy) is 1. The second kappa shape index (κ2) is 3.96. The van der Waals surface area contributed by atoms with Crippen LogP contribution >= 0.6 is 0 Å². The van der Waals surface area contributed by atoms with Gasteiger partial charge in [0.15, 0.2) is 5.75 Å².